The van der Waals surface area contributed by atoms with E-state index < -0.39 is 10.1 Å². The molecule has 0 aliphatic carbocycles. The maximum atomic E-state index is 10.4. The molecule has 4 nitrogen and oxygen atoms in total. The van der Waals surface area contributed by atoms with Crippen molar-refractivity contribution in [1.29, 1.82) is 0 Å². The van der Waals surface area contributed by atoms with Gasteiger partial charge in [-0.3, -0.25) is 0 Å². The van der Waals surface area contributed by atoms with Crippen LogP contribution in [0.25, 0.3) is 0 Å². The van der Waals surface area contributed by atoms with Crippen molar-refractivity contribution in [3.05, 3.63) is 29.8 Å². The number of likely N-dealkylation sites (tertiary alicyclic amines) is 1. The van der Waals surface area contributed by atoms with Gasteiger partial charge in [-0.1, -0.05) is 102 Å². The highest BCUT2D eigenvalue weighted by atomic mass is 127. The lowest BCUT2D eigenvalue weighted by molar-refractivity contribution is -0.910. The number of nitrogens with zero attached hydrogens (tertiary/aromatic N) is 1. The van der Waals surface area contributed by atoms with Crippen LogP contribution in [0.3, 0.4) is 0 Å². The van der Waals surface area contributed by atoms with E-state index in [1.165, 1.54) is 139 Å². The number of hydrogen-bond acceptors (Lipinski definition) is 3. The van der Waals surface area contributed by atoms with Crippen LogP contribution in [0.5, 0.6) is 0 Å². The fraction of sp³-hybridized carbons (Fsp3) is 0.733. The zero-order valence-corrected chi connectivity index (χ0v) is 25.9. The maximum absolute atomic E-state index is 10.4. The molecule has 6 heteroatoms. The lowest BCUT2D eigenvalue weighted by Crippen LogP contribution is -2.46. The van der Waals surface area contributed by atoms with Crippen molar-refractivity contribution in [1.82, 2.24) is 0 Å². The van der Waals surface area contributed by atoms with E-state index in [1.807, 2.05) is 6.92 Å². The van der Waals surface area contributed by atoms with Gasteiger partial charge in [0.15, 0.2) is 0 Å². The number of unbranched alkanes of at least 4 members (excludes halogenated alkanes) is 13. The van der Waals surface area contributed by atoms with E-state index in [0.29, 0.717) is 0 Å². The van der Waals surface area contributed by atoms with Crippen molar-refractivity contribution in [3.63, 3.8) is 0 Å². The van der Waals surface area contributed by atoms with E-state index >= 15 is 0 Å². The van der Waals surface area contributed by atoms with Gasteiger partial charge < -0.3 is 9.04 Å². The van der Waals surface area contributed by atoms with Crippen LogP contribution in [0.1, 0.15) is 115 Å². The largest absolute Gasteiger partial charge is 0.744 e. The second kappa shape index (κ2) is 20.4. The smallest absolute Gasteiger partial charge is 0.141 e. The minimum absolute atomic E-state index is 0.178. The molecule has 0 aromatic heterocycles. The quantitative estimate of drug-likeness (QED) is 0.0571. The Morgan fingerprint density at radius 3 is 1.67 bits per heavy atom. The van der Waals surface area contributed by atoms with Gasteiger partial charge >= 0.3 is 0 Å². The molecule has 1 aliphatic heterocycles. The summed E-state index contributed by atoms with van der Waals surface area (Å²) in [6.07, 6.45) is 23.2. The highest BCUT2D eigenvalue weighted by Gasteiger charge is 2.30. The summed E-state index contributed by atoms with van der Waals surface area (Å²) in [6, 6.07) is 5.78. The van der Waals surface area contributed by atoms with E-state index in [4.69, 9.17) is 0 Å². The monoisotopic (exact) mass is 631 g/mol. The van der Waals surface area contributed by atoms with E-state index in [1.54, 1.807) is 12.1 Å². The lowest BCUT2D eigenvalue weighted by Gasteiger charge is -2.32. The topological polar surface area (TPSA) is 57.2 Å². The van der Waals surface area contributed by atoms with Gasteiger partial charge in [-0.15, -0.1) is 0 Å². The Labute approximate surface area is 236 Å². The first-order chi connectivity index (χ1) is 17.3. The van der Waals surface area contributed by atoms with E-state index in [2.05, 4.69) is 39.4 Å². The Morgan fingerprint density at radius 1 is 0.806 bits per heavy atom. The van der Waals surface area contributed by atoms with E-state index in [-0.39, 0.29) is 4.90 Å². The molecule has 0 atom stereocenters. The van der Waals surface area contributed by atoms with Crippen LogP contribution < -0.4 is 0 Å². The molecule has 0 saturated carbocycles. The second-order valence-electron chi connectivity index (χ2n) is 10.5. The molecule has 1 fully saturated rings. The maximum Gasteiger partial charge on any atom is 0.141 e. The SMILES string of the molecule is CCCCCCCCCCCCCCCC[N+]1(CC#CI)CCCC1.Cc1ccc(S(=O)(=O)[O-])cc1. The van der Waals surface area contributed by atoms with Crippen LogP contribution in [0.4, 0.5) is 0 Å². The second-order valence-corrected chi connectivity index (χ2v) is 12.4. The molecule has 1 aromatic carbocycles. The molecule has 0 radical (unpaired) electrons. The van der Waals surface area contributed by atoms with Gasteiger partial charge in [0.25, 0.3) is 0 Å². The molecule has 1 aromatic rings. The van der Waals surface area contributed by atoms with Crippen molar-refractivity contribution in [2.24, 2.45) is 0 Å². The Kier molecular flexibility index (Phi) is 18.9. The summed E-state index contributed by atoms with van der Waals surface area (Å²) in [4.78, 5) is -0.178. The first-order valence-corrected chi connectivity index (χ1v) is 16.8. The molecule has 206 valence electrons. The van der Waals surface area contributed by atoms with Crippen molar-refractivity contribution < 1.29 is 17.5 Å². The number of quaternary nitrogens is 1. The molecule has 0 bridgehead atoms. The highest BCUT2D eigenvalue weighted by molar-refractivity contribution is 14.1. The molecule has 1 heterocycles. The van der Waals surface area contributed by atoms with Crippen molar-refractivity contribution in [3.8, 4) is 9.85 Å². The van der Waals surface area contributed by atoms with Gasteiger partial charge in [0.2, 0.25) is 0 Å². The van der Waals surface area contributed by atoms with Crippen LogP contribution >= 0.6 is 22.6 Å². The van der Waals surface area contributed by atoms with Crippen molar-refractivity contribution >= 4 is 32.7 Å². The lowest BCUT2D eigenvalue weighted by atomic mass is 10.0. The number of aryl methyl sites for hydroxylation is 1. The fourth-order valence-electron chi connectivity index (χ4n) is 5.01. The first-order valence-electron chi connectivity index (χ1n) is 14.3. The summed E-state index contributed by atoms with van der Waals surface area (Å²) in [7, 11) is -4.27. The Hall–Kier alpha value is -0.620. The van der Waals surface area contributed by atoms with Gasteiger partial charge in [0.05, 0.1) is 24.5 Å². The molecule has 1 saturated heterocycles. The third-order valence-corrected chi connectivity index (χ3v) is 8.52. The predicted octanol–water partition coefficient (Wildman–Crippen LogP) is 8.37. The van der Waals surface area contributed by atoms with E-state index in [0.717, 1.165) is 12.1 Å². The average molecular weight is 632 g/mol. The molecule has 2 rings (SSSR count). The summed E-state index contributed by atoms with van der Waals surface area (Å²) < 4.78 is 35.5. The summed E-state index contributed by atoms with van der Waals surface area (Å²) >= 11 is 2.19. The van der Waals surface area contributed by atoms with E-state index in [9.17, 15) is 13.0 Å². The van der Waals surface area contributed by atoms with Gasteiger partial charge in [-0.25, -0.2) is 8.42 Å². The molecule has 0 unspecified atom stereocenters. The summed E-state index contributed by atoms with van der Waals surface area (Å²) in [5, 5.41) is 0. The molecular weight excluding hydrogens is 581 g/mol. The van der Waals surface area contributed by atoms with Crippen LogP contribution in [-0.2, 0) is 10.1 Å². The zero-order chi connectivity index (χ0) is 26.5. The first kappa shape index (κ1) is 33.4. The van der Waals surface area contributed by atoms with Crippen molar-refractivity contribution in [2.75, 3.05) is 26.2 Å². The highest BCUT2D eigenvalue weighted by Crippen LogP contribution is 2.21. The minimum atomic E-state index is -4.27. The Morgan fingerprint density at radius 2 is 1.25 bits per heavy atom. The number of halogens is 1. The summed E-state index contributed by atoms with van der Waals surface area (Å²) in [5.41, 5.74) is 0.928. The average Bonchev–Trinajstić information content (AvgIpc) is 3.32. The predicted molar refractivity (Wildman–Crippen MR) is 160 cm³/mol. The van der Waals surface area contributed by atoms with Crippen LogP contribution in [0, 0.1) is 16.8 Å². The summed E-state index contributed by atoms with van der Waals surface area (Å²) in [6.45, 7) is 9.35. The fourth-order valence-corrected chi connectivity index (χ4v) is 5.65. The molecule has 0 amide bonds. The Bertz CT molecular complexity index is 837. The van der Waals surface area contributed by atoms with Gasteiger partial charge in [0.1, 0.15) is 16.7 Å². The molecule has 36 heavy (non-hydrogen) atoms. The van der Waals surface area contributed by atoms with Crippen LogP contribution in [0.2, 0.25) is 0 Å². The third kappa shape index (κ3) is 16.3. The number of benzene rings is 1. The molecular formula is C30H50INO3S. The van der Waals surface area contributed by atoms with Crippen LogP contribution in [-0.4, -0.2) is 43.6 Å². The third-order valence-electron chi connectivity index (χ3n) is 7.29. The summed E-state index contributed by atoms with van der Waals surface area (Å²) in [5.74, 6) is 3.34. The molecule has 1 aliphatic rings. The zero-order valence-electron chi connectivity index (χ0n) is 22.9. The van der Waals surface area contributed by atoms with Gasteiger partial charge in [-0.2, -0.15) is 0 Å². The van der Waals surface area contributed by atoms with Crippen molar-refractivity contribution in [2.45, 2.75) is 121 Å². The standard InChI is InChI=1S/C23H43IN.C7H8O3S/c1-2-3-4-5-6-7-8-9-10-11-12-13-14-15-20-25(23-18-19-24)21-16-17-22-25;1-6-2-4-7(5-3-6)11(8,9)10/h2-17,20-23H2,1H3;2-5H,1H3,(H,8,9,10)/q+1;/p-1. The molecule has 0 N–H and O–H groups in total. The van der Waals surface area contributed by atoms with Gasteiger partial charge in [-0.05, 0) is 41.7 Å². The van der Waals surface area contributed by atoms with Gasteiger partial charge in [0, 0.05) is 35.4 Å². The number of rotatable bonds is 17. The minimum Gasteiger partial charge on any atom is -0.744 e. The van der Waals surface area contributed by atoms with Crippen LogP contribution in [0.15, 0.2) is 29.2 Å². The Balaban J connectivity index is 0.000000488. The normalized spacial score (nSPS) is 14.6. The molecule has 0 spiro atoms. The number of hydrogen-bond donors (Lipinski definition) is 0.